The molecule has 0 saturated heterocycles. The van der Waals surface area contributed by atoms with Crippen molar-refractivity contribution in [3.05, 3.63) is 11.6 Å². The summed E-state index contributed by atoms with van der Waals surface area (Å²) < 4.78 is 6.85. The highest BCUT2D eigenvalue weighted by Gasteiger charge is 2.52. The summed E-state index contributed by atoms with van der Waals surface area (Å²) in [7, 11) is -2.24. The second-order valence-corrected chi connectivity index (χ2v) is 17.3. The van der Waals surface area contributed by atoms with E-state index in [4.69, 9.17) is 4.43 Å². The van der Waals surface area contributed by atoms with Crippen LogP contribution >= 0.6 is 0 Å². The first-order valence-corrected chi connectivity index (χ1v) is 16.5. The Morgan fingerprint density at radius 3 is 2.33 bits per heavy atom. The number of hydrogen-bond donors (Lipinski definition) is 2. The number of hydrogen-bond acceptors (Lipinski definition) is 3. The van der Waals surface area contributed by atoms with E-state index in [1.54, 1.807) is 0 Å². The molecular weight excluding hydrogens is 428 g/mol. The van der Waals surface area contributed by atoms with E-state index >= 15 is 0 Å². The van der Waals surface area contributed by atoms with Crippen LogP contribution in [0.5, 0.6) is 0 Å². The Morgan fingerprint density at radius 2 is 1.79 bits per heavy atom. The second kappa shape index (κ2) is 11.4. The van der Waals surface area contributed by atoms with E-state index in [-0.39, 0.29) is 22.5 Å². The summed E-state index contributed by atoms with van der Waals surface area (Å²) in [5.41, 5.74) is 0.259. The molecule has 0 aromatic heterocycles. The molecule has 1 fully saturated rings. The van der Waals surface area contributed by atoms with Crippen molar-refractivity contribution in [1.82, 2.24) is 0 Å². The first-order valence-electron chi connectivity index (χ1n) is 13.6. The zero-order chi connectivity index (χ0) is 24.9. The highest BCUT2D eigenvalue weighted by Crippen LogP contribution is 2.47. The standard InChI is InChI=1S/C28H52O4Si/c1-8-15-22-18-19-24(29)27(22,5)20-13-10-14-21-28(25(30)31,23-16-11-9-12-17-23)32-33(6,7)26(2,3)4/h18,23-24,29H,8-17,19-21H2,1-7H3,(H,30,31)/t24-,27+,28?/m0/s1. The van der Waals surface area contributed by atoms with Gasteiger partial charge in [0, 0.05) is 5.41 Å². The van der Waals surface area contributed by atoms with E-state index in [1.807, 2.05) is 0 Å². The van der Waals surface area contributed by atoms with Crippen molar-refractivity contribution in [3.8, 4) is 0 Å². The van der Waals surface area contributed by atoms with Crippen LogP contribution in [0.15, 0.2) is 11.6 Å². The van der Waals surface area contributed by atoms with Crippen molar-refractivity contribution in [2.75, 3.05) is 0 Å². The predicted octanol–water partition coefficient (Wildman–Crippen LogP) is 7.86. The number of carboxylic acid groups (broad SMARTS) is 1. The SMILES string of the molecule is CCCC1=CC[C@H](O)[C@]1(C)CCCCCC(O[Si](C)(C)C(C)(C)C)(C(=O)O)C1CCCCC1. The van der Waals surface area contributed by atoms with Gasteiger partial charge in [0.15, 0.2) is 13.9 Å². The number of aliphatic hydroxyl groups excluding tert-OH is 1. The second-order valence-electron chi connectivity index (χ2n) is 12.6. The van der Waals surface area contributed by atoms with Gasteiger partial charge in [-0.2, -0.15) is 0 Å². The third-order valence-corrected chi connectivity index (χ3v) is 13.7. The molecule has 2 N–H and O–H groups in total. The van der Waals surface area contributed by atoms with E-state index < -0.39 is 19.9 Å². The summed E-state index contributed by atoms with van der Waals surface area (Å²) in [6, 6.07) is 0. The minimum atomic E-state index is -2.24. The molecule has 0 spiro atoms. The third-order valence-electron chi connectivity index (χ3n) is 9.19. The first-order chi connectivity index (χ1) is 15.3. The van der Waals surface area contributed by atoms with Crippen LogP contribution in [0.4, 0.5) is 0 Å². The van der Waals surface area contributed by atoms with Gasteiger partial charge in [0.05, 0.1) is 6.10 Å². The molecule has 1 saturated carbocycles. The van der Waals surface area contributed by atoms with Crippen LogP contribution in [0, 0.1) is 11.3 Å². The lowest BCUT2D eigenvalue weighted by Crippen LogP contribution is -2.57. The van der Waals surface area contributed by atoms with Crippen LogP contribution in [0.25, 0.3) is 0 Å². The summed E-state index contributed by atoms with van der Waals surface area (Å²) in [6.07, 6.45) is 14.8. The lowest BCUT2D eigenvalue weighted by molar-refractivity contribution is -0.165. The lowest BCUT2D eigenvalue weighted by atomic mass is 9.73. The number of aliphatic hydroxyl groups is 1. The predicted molar refractivity (Wildman–Crippen MR) is 140 cm³/mol. The van der Waals surface area contributed by atoms with Crippen molar-refractivity contribution >= 4 is 14.3 Å². The summed E-state index contributed by atoms with van der Waals surface area (Å²) in [5.74, 6) is -0.628. The number of rotatable bonds is 12. The van der Waals surface area contributed by atoms with Gasteiger partial charge in [0.25, 0.3) is 0 Å². The number of aliphatic carboxylic acids is 1. The topological polar surface area (TPSA) is 66.8 Å². The Labute approximate surface area is 204 Å². The van der Waals surface area contributed by atoms with Crippen molar-refractivity contribution in [2.24, 2.45) is 11.3 Å². The number of carboxylic acids is 1. The smallest absolute Gasteiger partial charge is 0.335 e. The average molecular weight is 481 g/mol. The lowest BCUT2D eigenvalue weighted by Gasteiger charge is -2.48. The molecule has 2 aliphatic rings. The number of unbranched alkanes of at least 4 members (excludes halogenated alkanes) is 2. The molecule has 0 amide bonds. The van der Waals surface area contributed by atoms with Gasteiger partial charge >= 0.3 is 5.97 Å². The van der Waals surface area contributed by atoms with E-state index in [2.05, 4.69) is 53.8 Å². The van der Waals surface area contributed by atoms with Crippen LogP contribution in [0.2, 0.25) is 18.1 Å². The van der Waals surface area contributed by atoms with Crippen LogP contribution in [0.3, 0.4) is 0 Å². The van der Waals surface area contributed by atoms with Gasteiger partial charge < -0.3 is 14.6 Å². The van der Waals surface area contributed by atoms with Gasteiger partial charge in [-0.1, -0.05) is 84.8 Å². The maximum atomic E-state index is 12.9. The van der Waals surface area contributed by atoms with Crippen molar-refractivity contribution in [2.45, 2.75) is 148 Å². The summed E-state index contributed by atoms with van der Waals surface area (Å²) in [4.78, 5) is 12.9. The van der Waals surface area contributed by atoms with Crippen molar-refractivity contribution < 1.29 is 19.4 Å². The molecule has 2 aliphatic carbocycles. The molecule has 4 nitrogen and oxygen atoms in total. The Kier molecular flexibility index (Phi) is 9.86. The van der Waals surface area contributed by atoms with E-state index in [9.17, 15) is 15.0 Å². The third kappa shape index (κ3) is 6.52. The van der Waals surface area contributed by atoms with Gasteiger partial charge in [0.2, 0.25) is 0 Å². The molecule has 33 heavy (non-hydrogen) atoms. The molecule has 0 aromatic carbocycles. The maximum absolute atomic E-state index is 12.9. The molecule has 2 rings (SSSR count). The fourth-order valence-corrected chi connectivity index (χ4v) is 7.42. The van der Waals surface area contributed by atoms with Crippen LogP contribution < -0.4 is 0 Å². The fourth-order valence-electron chi connectivity index (χ4n) is 5.84. The zero-order valence-electron chi connectivity index (χ0n) is 22.6. The molecule has 0 heterocycles. The molecule has 3 atom stereocenters. The highest BCUT2D eigenvalue weighted by atomic mass is 28.4. The Balaban J connectivity index is 2.09. The van der Waals surface area contributed by atoms with Gasteiger partial charge in [-0.15, -0.1) is 0 Å². The highest BCUT2D eigenvalue weighted by molar-refractivity contribution is 6.74. The van der Waals surface area contributed by atoms with E-state index in [0.717, 1.165) is 70.6 Å². The Bertz CT molecular complexity index is 674. The van der Waals surface area contributed by atoms with Crippen molar-refractivity contribution in [3.63, 3.8) is 0 Å². The van der Waals surface area contributed by atoms with E-state index in [0.29, 0.717) is 6.42 Å². The van der Waals surface area contributed by atoms with Crippen LogP contribution in [0.1, 0.15) is 118 Å². The Hall–Kier alpha value is -0.653. The van der Waals surface area contributed by atoms with Gasteiger partial charge in [-0.05, 0) is 69.0 Å². The zero-order valence-corrected chi connectivity index (χ0v) is 23.6. The largest absolute Gasteiger partial charge is 0.479 e. The average Bonchev–Trinajstić information content (AvgIpc) is 3.01. The minimum absolute atomic E-state index is 0.0163. The normalized spacial score (nSPS) is 26.8. The maximum Gasteiger partial charge on any atom is 0.335 e. The molecule has 192 valence electrons. The van der Waals surface area contributed by atoms with Crippen LogP contribution in [-0.2, 0) is 9.22 Å². The monoisotopic (exact) mass is 480 g/mol. The fraction of sp³-hybridized carbons (Fsp3) is 0.893. The molecule has 5 heteroatoms. The summed E-state index contributed by atoms with van der Waals surface area (Å²) in [5, 5.41) is 21.2. The van der Waals surface area contributed by atoms with Gasteiger partial charge in [0.1, 0.15) is 0 Å². The molecule has 0 bridgehead atoms. The molecule has 0 radical (unpaired) electrons. The first kappa shape index (κ1) is 28.6. The van der Waals surface area contributed by atoms with Crippen molar-refractivity contribution in [1.29, 1.82) is 0 Å². The van der Waals surface area contributed by atoms with E-state index in [1.165, 1.54) is 12.0 Å². The molecule has 1 unspecified atom stereocenters. The Morgan fingerprint density at radius 1 is 1.15 bits per heavy atom. The minimum Gasteiger partial charge on any atom is -0.479 e. The molecule has 0 aliphatic heterocycles. The molecule has 0 aromatic rings. The quantitative estimate of drug-likeness (QED) is 0.169. The molecular formula is C28H52O4Si. The van der Waals surface area contributed by atoms with Gasteiger partial charge in [-0.25, -0.2) is 4.79 Å². The van der Waals surface area contributed by atoms with Gasteiger partial charge in [-0.3, -0.25) is 0 Å². The summed E-state index contributed by atoms with van der Waals surface area (Å²) >= 11 is 0. The van der Waals surface area contributed by atoms with Crippen LogP contribution in [-0.4, -0.2) is 36.2 Å². The summed E-state index contributed by atoms with van der Waals surface area (Å²) in [6.45, 7) is 15.4. The number of carbonyl (C=O) groups is 1.